The van der Waals surface area contributed by atoms with Crippen LogP contribution in [0.25, 0.3) is 0 Å². The molecule has 0 aliphatic carbocycles. The average Bonchev–Trinajstić information content (AvgIpc) is 2.76. The lowest BCUT2D eigenvalue weighted by molar-refractivity contribution is -0.0677. The van der Waals surface area contributed by atoms with Crippen LogP contribution in [0.3, 0.4) is 0 Å². The Balaban J connectivity index is 1.45. The fraction of sp³-hybridized carbons (Fsp3) is 0.692. The third kappa shape index (κ3) is 5.69. The number of aliphatic hydroxyl groups excluding tert-OH is 1. The van der Waals surface area contributed by atoms with Gasteiger partial charge in [-0.3, -0.25) is 9.80 Å². The van der Waals surface area contributed by atoms with E-state index in [2.05, 4.69) is 50.8 Å². The van der Waals surface area contributed by atoms with Gasteiger partial charge in [-0.1, -0.05) is 24.0 Å². The largest absolute Gasteiger partial charge is 0.395 e. The van der Waals surface area contributed by atoms with Crippen molar-refractivity contribution in [3.8, 4) is 11.8 Å². The van der Waals surface area contributed by atoms with Gasteiger partial charge in [-0.05, 0) is 76.5 Å². The average molecular weight is 426 g/mol. The smallest absolute Gasteiger partial charge is 0.0600 e. The molecule has 3 aliphatic rings. The Morgan fingerprint density at radius 2 is 1.84 bits per heavy atom. The van der Waals surface area contributed by atoms with Crippen LogP contribution >= 0.6 is 0 Å². The molecule has 170 valence electrons. The second kappa shape index (κ2) is 10.9. The zero-order valence-electron chi connectivity index (χ0n) is 19.3. The molecular weight excluding hydrogens is 386 g/mol. The molecule has 0 saturated carbocycles. The number of aliphatic hydroxyl groups is 1. The Labute approximate surface area is 188 Å². The first-order valence-electron chi connectivity index (χ1n) is 12.1. The molecule has 5 nitrogen and oxygen atoms in total. The van der Waals surface area contributed by atoms with Crippen molar-refractivity contribution in [3.05, 3.63) is 35.4 Å². The summed E-state index contributed by atoms with van der Waals surface area (Å²) < 4.78 is 5.57. The molecule has 3 saturated heterocycles. The second-order valence-electron chi connectivity index (χ2n) is 9.76. The van der Waals surface area contributed by atoms with Crippen LogP contribution in [0.15, 0.2) is 24.3 Å². The van der Waals surface area contributed by atoms with E-state index in [0.29, 0.717) is 12.0 Å². The highest BCUT2D eigenvalue weighted by Gasteiger charge is 2.49. The summed E-state index contributed by atoms with van der Waals surface area (Å²) in [5.41, 5.74) is 2.42. The first-order chi connectivity index (χ1) is 15.2. The lowest BCUT2D eigenvalue weighted by Crippen LogP contribution is -2.67. The van der Waals surface area contributed by atoms with E-state index in [1.165, 1.54) is 44.3 Å². The van der Waals surface area contributed by atoms with Crippen molar-refractivity contribution in [1.29, 1.82) is 0 Å². The molecule has 31 heavy (non-hydrogen) atoms. The van der Waals surface area contributed by atoms with Crippen LogP contribution in [0.4, 0.5) is 0 Å². The van der Waals surface area contributed by atoms with Gasteiger partial charge in [-0.25, -0.2) is 0 Å². The van der Waals surface area contributed by atoms with Crippen molar-refractivity contribution in [2.24, 2.45) is 5.92 Å². The Hall–Kier alpha value is -1.42. The van der Waals surface area contributed by atoms with Gasteiger partial charge in [0.05, 0.1) is 13.2 Å². The van der Waals surface area contributed by atoms with Gasteiger partial charge in [-0.15, -0.1) is 0 Å². The third-order valence-electron chi connectivity index (χ3n) is 7.23. The first-order valence-corrected chi connectivity index (χ1v) is 12.1. The van der Waals surface area contributed by atoms with Gasteiger partial charge < -0.3 is 14.7 Å². The fourth-order valence-corrected chi connectivity index (χ4v) is 5.56. The summed E-state index contributed by atoms with van der Waals surface area (Å²) in [5.74, 6) is 7.65. The van der Waals surface area contributed by atoms with Crippen LogP contribution in [-0.2, 0) is 4.74 Å². The predicted octanol–water partition coefficient (Wildman–Crippen LogP) is 2.25. The Morgan fingerprint density at radius 1 is 1.10 bits per heavy atom. The number of ether oxygens (including phenoxy) is 1. The van der Waals surface area contributed by atoms with Gasteiger partial charge in [0.1, 0.15) is 0 Å². The standard InChI is InChI=1S/C26H39N3O2/c1-27(2)13-5-6-21-7-9-23(10-8-21)26-24-19-28(18-22-11-16-31-17-12-22)14-3-4-15-29(24)25(26)20-30/h7-10,22,24-26,30H,3-4,11-20H2,1-2H3/t24-,25-,26-/m1/s1. The van der Waals surface area contributed by atoms with Crippen LogP contribution in [0.2, 0.25) is 0 Å². The molecule has 5 heteroatoms. The number of nitrogens with zero attached hydrogens (tertiary/aromatic N) is 3. The monoisotopic (exact) mass is 425 g/mol. The van der Waals surface area contributed by atoms with Crippen LogP contribution in [-0.4, -0.2) is 98.5 Å². The first kappa shape index (κ1) is 22.8. The molecule has 0 aromatic heterocycles. The minimum absolute atomic E-state index is 0.242. The molecule has 1 aromatic rings. The van der Waals surface area contributed by atoms with Crippen molar-refractivity contribution in [3.63, 3.8) is 0 Å². The SMILES string of the molecule is CN(C)CC#Cc1ccc([C@H]2[C@@H](CO)N3CCCCN(CC4CCOCC4)C[C@H]23)cc1. The van der Waals surface area contributed by atoms with E-state index in [1.807, 2.05) is 14.1 Å². The van der Waals surface area contributed by atoms with Crippen molar-refractivity contribution >= 4 is 0 Å². The highest BCUT2D eigenvalue weighted by atomic mass is 16.5. The molecule has 0 bridgehead atoms. The summed E-state index contributed by atoms with van der Waals surface area (Å²) in [6.45, 7) is 7.50. The lowest BCUT2D eigenvalue weighted by atomic mass is 9.74. The second-order valence-corrected chi connectivity index (χ2v) is 9.76. The van der Waals surface area contributed by atoms with Gasteiger partial charge >= 0.3 is 0 Å². The van der Waals surface area contributed by atoms with Gasteiger partial charge in [0, 0.05) is 49.9 Å². The van der Waals surface area contributed by atoms with Gasteiger partial charge in [0.25, 0.3) is 0 Å². The van der Waals surface area contributed by atoms with Gasteiger partial charge in [-0.2, -0.15) is 0 Å². The minimum atomic E-state index is 0.242. The number of hydrogen-bond acceptors (Lipinski definition) is 5. The van der Waals surface area contributed by atoms with E-state index in [-0.39, 0.29) is 12.6 Å². The molecule has 3 heterocycles. The number of rotatable bonds is 5. The highest BCUT2D eigenvalue weighted by Crippen LogP contribution is 2.42. The summed E-state index contributed by atoms with van der Waals surface area (Å²) in [5, 5.41) is 10.2. The predicted molar refractivity (Wildman–Crippen MR) is 125 cm³/mol. The van der Waals surface area contributed by atoms with Crippen LogP contribution in [0.1, 0.15) is 42.7 Å². The molecule has 3 atom stereocenters. The third-order valence-corrected chi connectivity index (χ3v) is 7.23. The summed E-state index contributed by atoms with van der Waals surface area (Å²) in [6, 6.07) is 9.54. The van der Waals surface area contributed by atoms with Crippen molar-refractivity contribution in [2.45, 2.75) is 43.7 Å². The Kier molecular flexibility index (Phi) is 8.03. The van der Waals surface area contributed by atoms with E-state index in [1.54, 1.807) is 0 Å². The number of hydrogen-bond donors (Lipinski definition) is 1. The molecule has 3 fully saturated rings. The van der Waals surface area contributed by atoms with Gasteiger partial charge in [0.2, 0.25) is 0 Å². The highest BCUT2D eigenvalue weighted by molar-refractivity contribution is 5.39. The van der Waals surface area contributed by atoms with Crippen molar-refractivity contribution in [2.75, 3.05) is 66.6 Å². The summed E-state index contributed by atoms with van der Waals surface area (Å²) in [4.78, 5) is 7.36. The zero-order valence-corrected chi connectivity index (χ0v) is 19.3. The molecule has 0 spiro atoms. The molecule has 0 radical (unpaired) electrons. The molecule has 3 aliphatic heterocycles. The summed E-state index contributed by atoms with van der Waals surface area (Å²) in [6.07, 6.45) is 4.88. The van der Waals surface area contributed by atoms with Crippen LogP contribution in [0, 0.1) is 17.8 Å². The molecule has 4 rings (SSSR count). The molecular formula is C26H39N3O2. The summed E-state index contributed by atoms with van der Waals surface area (Å²) in [7, 11) is 4.07. The van der Waals surface area contributed by atoms with Gasteiger partial charge in [0.15, 0.2) is 0 Å². The molecule has 0 amide bonds. The van der Waals surface area contributed by atoms with E-state index in [9.17, 15) is 5.11 Å². The minimum Gasteiger partial charge on any atom is -0.395 e. The molecule has 1 aromatic carbocycles. The maximum absolute atomic E-state index is 10.2. The van der Waals surface area contributed by atoms with Crippen molar-refractivity contribution < 1.29 is 9.84 Å². The van der Waals surface area contributed by atoms with E-state index in [4.69, 9.17) is 4.74 Å². The van der Waals surface area contributed by atoms with E-state index >= 15 is 0 Å². The number of fused-ring (bicyclic) bond motifs is 1. The van der Waals surface area contributed by atoms with Crippen LogP contribution < -0.4 is 0 Å². The zero-order chi connectivity index (χ0) is 21.6. The van der Waals surface area contributed by atoms with Crippen molar-refractivity contribution in [1.82, 2.24) is 14.7 Å². The quantitative estimate of drug-likeness (QED) is 0.733. The van der Waals surface area contributed by atoms with Crippen LogP contribution in [0.5, 0.6) is 0 Å². The normalized spacial score (nSPS) is 28.2. The lowest BCUT2D eigenvalue weighted by Gasteiger charge is -2.57. The molecule has 1 N–H and O–H groups in total. The van der Waals surface area contributed by atoms with E-state index < -0.39 is 0 Å². The fourth-order valence-electron chi connectivity index (χ4n) is 5.56. The Morgan fingerprint density at radius 3 is 2.55 bits per heavy atom. The topological polar surface area (TPSA) is 39.2 Å². The molecule has 0 unspecified atom stereocenters. The maximum atomic E-state index is 10.2. The van der Waals surface area contributed by atoms with E-state index in [0.717, 1.165) is 44.3 Å². The Bertz CT molecular complexity index is 748. The summed E-state index contributed by atoms with van der Waals surface area (Å²) >= 11 is 0. The maximum Gasteiger partial charge on any atom is 0.0600 e. The number of benzene rings is 1.